The Bertz CT molecular complexity index is 161. The van der Waals surface area contributed by atoms with Crippen LogP contribution in [0.15, 0.2) is 0 Å². The number of hydrogen-bond acceptors (Lipinski definition) is 2. The van der Waals surface area contributed by atoms with Crippen molar-refractivity contribution in [3.63, 3.8) is 0 Å². The predicted molar refractivity (Wildman–Crippen MR) is 43.5 cm³/mol. The second-order valence-electron chi connectivity index (χ2n) is 2.38. The lowest BCUT2D eigenvalue weighted by molar-refractivity contribution is 0.00613. The van der Waals surface area contributed by atoms with Crippen LogP contribution in [-0.2, 0) is 4.74 Å². The molecule has 0 spiro atoms. The highest BCUT2D eigenvalue weighted by Gasteiger charge is 2.44. The fraction of sp³-hybridized carbons (Fsp3) is 0.800. The largest absolute Gasteiger partial charge is 0.506 e. The first-order valence-electron chi connectivity index (χ1n) is 2.65. The molecule has 0 rings (SSSR count). The molecule has 11 heavy (non-hydrogen) atoms. The third-order valence-corrected chi connectivity index (χ3v) is 2.39. The molecule has 66 valence electrons. The first-order valence-corrected chi connectivity index (χ1v) is 3.79. The highest BCUT2D eigenvalue weighted by molar-refractivity contribution is 6.68. The minimum absolute atomic E-state index is 1.34. The fourth-order valence-corrected chi connectivity index (χ4v) is 0.392. The molecule has 0 unspecified atom stereocenters. The Morgan fingerprint density at radius 1 is 1.36 bits per heavy atom. The molecule has 0 aliphatic rings. The van der Waals surface area contributed by atoms with E-state index in [0.717, 1.165) is 0 Å². The molecule has 0 aromatic rings. The number of hydrogen-bond donors (Lipinski definition) is 1. The van der Waals surface area contributed by atoms with E-state index in [1.54, 1.807) is 0 Å². The number of ether oxygens (including phenoxy) is 1. The molecule has 0 saturated carbocycles. The van der Waals surface area contributed by atoms with Crippen molar-refractivity contribution in [3.8, 4) is 0 Å². The molecule has 0 amide bonds. The molecule has 0 heterocycles. The van der Waals surface area contributed by atoms with Crippen LogP contribution in [0.4, 0.5) is 4.79 Å². The summed E-state index contributed by atoms with van der Waals surface area (Å²) in [6.07, 6.45) is -1.47. The van der Waals surface area contributed by atoms with Crippen LogP contribution in [-0.4, -0.2) is 20.7 Å². The van der Waals surface area contributed by atoms with Gasteiger partial charge in [-0.25, -0.2) is 4.79 Å². The molecule has 3 nitrogen and oxygen atoms in total. The first kappa shape index (κ1) is 11.1. The van der Waals surface area contributed by atoms with Crippen molar-refractivity contribution in [2.45, 2.75) is 23.2 Å². The Balaban J connectivity index is 4.34. The monoisotopic (exact) mass is 220 g/mol. The van der Waals surface area contributed by atoms with E-state index < -0.39 is 15.5 Å². The first-order chi connectivity index (χ1) is 4.67. The van der Waals surface area contributed by atoms with Gasteiger partial charge < -0.3 is 9.84 Å². The van der Waals surface area contributed by atoms with E-state index in [0.29, 0.717) is 0 Å². The zero-order valence-corrected chi connectivity index (χ0v) is 8.17. The van der Waals surface area contributed by atoms with Gasteiger partial charge >= 0.3 is 6.16 Å². The Morgan fingerprint density at radius 3 is 1.82 bits per heavy atom. The second kappa shape index (κ2) is 3.25. The van der Waals surface area contributed by atoms with Crippen molar-refractivity contribution in [1.29, 1.82) is 0 Å². The van der Waals surface area contributed by atoms with Gasteiger partial charge in [0, 0.05) is 0 Å². The number of alkyl halides is 3. The van der Waals surface area contributed by atoms with E-state index in [4.69, 9.17) is 39.9 Å². The van der Waals surface area contributed by atoms with E-state index in [1.807, 2.05) is 0 Å². The van der Waals surface area contributed by atoms with Gasteiger partial charge in [0.25, 0.3) is 0 Å². The van der Waals surface area contributed by atoms with Crippen LogP contribution in [0.25, 0.3) is 0 Å². The maximum absolute atomic E-state index is 10.1. The van der Waals surface area contributed by atoms with E-state index >= 15 is 0 Å². The van der Waals surface area contributed by atoms with E-state index in [2.05, 4.69) is 4.74 Å². The molecule has 0 radical (unpaired) electrons. The van der Waals surface area contributed by atoms with Crippen LogP contribution in [0.1, 0.15) is 13.8 Å². The summed E-state index contributed by atoms with van der Waals surface area (Å²) in [5.74, 6) is 0. The normalized spacial score (nSPS) is 12.8. The smallest absolute Gasteiger partial charge is 0.450 e. The van der Waals surface area contributed by atoms with Crippen molar-refractivity contribution in [1.82, 2.24) is 0 Å². The van der Waals surface area contributed by atoms with Gasteiger partial charge in [0.05, 0.1) is 0 Å². The van der Waals surface area contributed by atoms with Gasteiger partial charge in [0.15, 0.2) is 5.60 Å². The highest BCUT2D eigenvalue weighted by Crippen LogP contribution is 2.40. The fourth-order valence-electron chi connectivity index (χ4n) is 0.276. The summed E-state index contributed by atoms with van der Waals surface area (Å²) in [5, 5.41) is 8.21. The predicted octanol–water partition coefficient (Wildman–Crippen LogP) is 2.83. The minimum atomic E-state index is -1.76. The van der Waals surface area contributed by atoms with Crippen molar-refractivity contribution in [3.05, 3.63) is 0 Å². The zero-order chi connectivity index (χ0) is 9.28. The third-order valence-electron chi connectivity index (χ3n) is 1.03. The van der Waals surface area contributed by atoms with Gasteiger partial charge in [0.2, 0.25) is 3.79 Å². The molecule has 0 aliphatic heterocycles. The topological polar surface area (TPSA) is 46.5 Å². The third kappa shape index (κ3) is 3.36. The van der Waals surface area contributed by atoms with Crippen LogP contribution in [0.2, 0.25) is 0 Å². The number of rotatable bonds is 1. The summed E-state index contributed by atoms with van der Waals surface area (Å²) >= 11 is 16.2. The minimum Gasteiger partial charge on any atom is -0.450 e. The lowest BCUT2D eigenvalue weighted by Gasteiger charge is -2.30. The lowest BCUT2D eigenvalue weighted by Crippen LogP contribution is -2.40. The maximum Gasteiger partial charge on any atom is 0.506 e. The molecule has 0 aliphatic carbocycles. The number of carbonyl (C=O) groups is 1. The van der Waals surface area contributed by atoms with Crippen LogP contribution in [0.5, 0.6) is 0 Å². The Labute approximate surface area is 79.2 Å². The Morgan fingerprint density at radius 2 is 1.73 bits per heavy atom. The van der Waals surface area contributed by atoms with Gasteiger partial charge in [0.1, 0.15) is 0 Å². The van der Waals surface area contributed by atoms with Gasteiger partial charge in [-0.15, -0.1) is 0 Å². The molecule has 0 fully saturated rings. The van der Waals surface area contributed by atoms with E-state index in [9.17, 15) is 4.79 Å². The summed E-state index contributed by atoms with van der Waals surface area (Å²) in [6.45, 7) is 2.74. The van der Waals surface area contributed by atoms with Gasteiger partial charge in [-0.2, -0.15) is 0 Å². The van der Waals surface area contributed by atoms with Crippen molar-refractivity contribution in [2.75, 3.05) is 0 Å². The van der Waals surface area contributed by atoms with Crippen LogP contribution >= 0.6 is 34.8 Å². The average molecular weight is 221 g/mol. The molecule has 1 N–H and O–H groups in total. The summed E-state index contributed by atoms with van der Waals surface area (Å²) in [4.78, 5) is 10.1. The lowest BCUT2D eigenvalue weighted by atomic mass is 10.2. The molecule has 0 bridgehead atoms. The summed E-state index contributed by atoms with van der Waals surface area (Å²) in [5.41, 5.74) is -1.34. The molecular formula is C5H7Cl3O3. The molecule has 6 heteroatoms. The SMILES string of the molecule is CC(C)(OC(=O)O)C(Cl)(Cl)Cl. The second-order valence-corrected chi connectivity index (χ2v) is 4.66. The molecular weight excluding hydrogens is 214 g/mol. The Kier molecular flexibility index (Phi) is 3.29. The van der Waals surface area contributed by atoms with Crippen LogP contribution in [0, 0.1) is 0 Å². The molecule has 0 aromatic carbocycles. The van der Waals surface area contributed by atoms with Crippen molar-refractivity contribution >= 4 is 41.0 Å². The van der Waals surface area contributed by atoms with Crippen molar-refractivity contribution < 1.29 is 14.6 Å². The Hall–Kier alpha value is 0.140. The van der Waals surface area contributed by atoms with Gasteiger partial charge in [-0.05, 0) is 13.8 Å². The standard InChI is InChI=1S/C5H7Cl3O3/c1-4(2,5(6,7)8)11-3(9)10/h1-2H3,(H,9,10). The zero-order valence-electron chi connectivity index (χ0n) is 5.90. The summed E-state index contributed by atoms with van der Waals surface area (Å²) < 4.78 is 2.56. The van der Waals surface area contributed by atoms with Crippen LogP contribution in [0.3, 0.4) is 0 Å². The van der Waals surface area contributed by atoms with Crippen molar-refractivity contribution in [2.24, 2.45) is 0 Å². The van der Waals surface area contributed by atoms with E-state index in [-0.39, 0.29) is 0 Å². The highest BCUT2D eigenvalue weighted by atomic mass is 35.6. The number of carboxylic acid groups (broad SMARTS) is 1. The molecule has 0 aromatic heterocycles. The van der Waals surface area contributed by atoms with Crippen LogP contribution < -0.4 is 0 Å². The van der Waals surface area contributed by atoms with Gasteiger partial charge in [-0.1, -0.05) is 34.8 Å². The summed E-state index contributed by atoms with van der Waals surface area (Å²) in [7, 11) is 0. The van der Waals surface area contributed by atoms with Gasteiger partial charge in [-0.3, -0.25) is 0 Å². The van der Waals surface area contributed by atoms with E-state index in [1.165, 1.54) is 13.8 Å². The molecule has 0 atom stereocenters. The maximum atomic E-state index is 10.1. The summed E-state index contributed by atoms with van der Waals surface area (Å²) in [6, 6.07) is 0. The average Bonchev–Trinajstić information content (AvgIpc) is 1.56. The number of halogens is 3. The quantitative estimate of drug-likeness (QED) is 0.547. The molecule has 0 saturated heterocycles.